The molecule has 0 spiro atoms. The molecule has 0 fully saturated rings. The van der Waals surface area contributed by atoms with Gasteiger partial charge in [-0.1, -0.05) is 102 Å². The molecule has 0 saturated carbocycles. The van der Waals surface area contributed by atoms with E-state index in [2.05, 4.69) is 34.6 Å². The van der Waals surface area contributed by atoms with Crippen LogP contribution in [0.5, 0.6) is 0 Å². The second-order valence-electron chi connectivity index (χ2n) is 5.21. The van der Waals surface area contributed by atoms with Crippen molar-refractivity contribution < 1.29 is 0 Å². The molecule has 0 aliphatic heterocycles. The third-order valence-electron chi connectivity index (χ3n) is 3.69. The maximum Gasteiger partial charge on any atom is 0.261 e. The largest absolute Gasteiger partial charge is 0.261 e. The van der Waals surface area contributed by atoms with Crippen molar-refractivity contribution in [2.45, 2.75) is 102 Å². The van der Waals surface area contributed by atoms with Crippen LogP contribution < -0.4 is 0 Å². The lowest BCUT2D eigenvalue weighted by atomic mass is 10.1. The normalized spacial score (nSPS) is 9.71. The van der Waals surface area contributed by atoms with Crippen molar-refractivity contribution in [2.75, 3.05) is 0 Å². The van der Waals surface area contributed by atoms with Gasteiger partial charge in [0.15, 0.2) is 0 Å². The summed E-state index contributed by atoms with van der Waals surface area (Å²) in [6, 6.07) is 0. The van der Waals surface area contributed by atoms with E-state index in [0.717, 1.165) is 0 Å². The van der Waals surface area contributed by atoms with Gasteiger partial charge < -0.3 is 0 Å². The van der Waals surface area contributed by atoms with Crippen molar-refractivity contribution in [1.82, 2.24) is 0 Å². The SMILES string of the molecule is CCCCCCCCCC.C[CH2][Al]([CH2]C)[CH2]C. The molecule has 0 bridgehead atoms. The van der Waals surface area contributed by atoms with Gasteiger partial charge in [0.25, 0.3) is 14.1 Å². The molecule has 0 atom stereocenters. The molecular formula is C16H37Al. The highest BCUT2D eigenvalue weighted by Gasteiger charge is 2.05. The number of hydrogen-bond donors (Lipinski definition) is 0. The van der Waals surface area contributed by atoms with E-state index in [-0.39, 0.29) is 14.1 Å². The second-order valence-corrected chi connectivity index (χ2v) is 9.39. The van der Waals surface area contributed by atoms with Gasteiger partial charge in [0, 0.05) is 0 Å². The molecule has 0 aromatic rings. The summed E-state index contributed by atoms with van der Waals surface area (Å²) in [4.78, 5) is 0. The van der Waals surface area contributed by atoms with Gasteiger partial charge in [-0.3, -0.25) is 0 Å². The summed E-state index contributed by atoms with van der Waals surface area (Å²) in [5, 5.41) is 4.48. The van der Waals surface area contributed by atoms with E-state index < -0.39 is 0 Å². The highest BCUT2D eigenvalue weighted by atomic mass is 27.2. The quantitative estimate of drug-likeness (QED) is 0.302. The summed E-state index contributed by atoms with van der Waals surface area (Å²) in [6.07, 6.45) is 11.5. The van der Waals surface area contributed by atoms with Gasteiger partial charge >= 0.3 is 0 Å². The zero-order valence-electron chi connectivity index (χ0n) is 13.4. The zero-order chi connectivity index (χ0) is 13.4. The molecule has 0 rings (SSSR count). The first-order chi connectivity index (χ1) is 8.26. The average Bonchev–Trinajstić information content (AvgIpc) is 2.37. The van der Waals surface area contributed by atoms with Crippen LogP contribution in [0.15, 0.2) is 0 Å². The Balaban J connectivity index is 0. The zero-order valence-corrected chi connectivity index (χ0v) is 14.5. The molecule has 0 aliphatic rings. The van der Waals surface area contributed by atoms with E-state index in [9.17, 15) is 0 Å². The van der Waals surface area contributed by atoms with E-state index in [1.54, 1.807) is 0 Å². The molecule has 0 amide bonds. The molecule has 0 radical (unpaired) electrons. The minimum Gasteiger partial charge on any atom is -0.0967 e. The van der Waals surface area contributed by atoms with E-state index >= 15 is 0 Å². The van der Waals surface area contributed by atoms with Crippen LogP contribution in [0.3, 0.4) is 0 Å². The Bertz CT molecular complexity index is 94.6. The van der Waals surface area contributed by atoms with Crippen LogP contribution in [0, 0.1) is 0 Å². The molecule has 0 saturated heterocycles. The predicted octanol–water partition coefficient (Wildman–Crippen LogP) is 6.69. The summed E-state index contributed by atoms with van der Waals surface area (Å²) in [6.45, 7) is 11.5. The van der Waals surface area contributed by atoms with E-state index in [4.69, 9.17) is 0 Å². The topological polar surface area (TPSA) is 0 Å². The highest BCUT2D eigenvalue weighted by molar-refractivity contribution is 6.58. The van der Waals surface area contributed by atoms with Crippen LogP contribution in [0.25, 0.3) is 0 Å². The fourth-order valence-electron chi connectivity index (χ4n) is 2.07. The maximum absolute atomic E-state index is 2.32. The molecule has 1 heteroatoms. The van der Waals surface area contributed by atoms with Crippen LogP contribution in [0.4, 0.5) is 0 Å². The standard InChI is InChI=1S/C10H22.3C2H5.Al/c1-3-5-7-9-10-8-6-4-2;3*1-2;/h3-10H2,1-2H3;3*1H2,2H3;. The van der Waals surface area contributed by atoms with Crippen LogP contribution in [-0.4, -0.2) is 14.1 Å². The van der Waals surface area contributed by atoms with Gasteiger partial charge in [-0.25, -0.2) is 0 Å². The Morgan fingerprint density at radius 1 is 0.471 bits per heavy atom. The van der Waals surface area contributed by atoms with Crippen molar-refractivity contribution in [1.29, 1.82) is 0 Å². The molecular weight excluding hydrogens is 219 g/mol. The monoisotopic (exact) mass is 256 g/mol. The van der Waals surface area contributed by atoms with Gasteiger partial charge in [0.05, 0.1) is 0 Å². The minimum atomic E-state index is -0.171. The fourth-order valence-corrected chi connectivity index (χ4v) is 3.81. The minimum absolute atomic E-state index is 0.171. The highest BCUT2D eigenvalue weighted by Crippen LogP contribution is 2.07. The van der Waals surface area contributed by atoms with Crippen LogP contribution >= 0.6 is 0 Å². The molecule has 0 aliphatic carbocycles. The van der Waals surface area contributed by atoms with Crippen molar-refractivity contribution in [3.05, 3.63) is 0 Å². The summed E-state index contributed by atoms with van der Waals surface area (Å²) in [5.41, 5.74) is 0. The number of rotatable bonds is 10. The second kappa shape index (κ2) is 18.9. The molecule has 0 N–H and O–H groups in total. The van der Waals surface area contributed by atoms with Gasteiger partial charge in [-0.2, -0.15) is 0 Å². The molecule has 17 heavy (non-hydrogen) atoms. The van der Waals surface area contributed by atoms with E-state index in [1.807, 2.05) is 0 Å². The molecule has 0 aromatic heterocycles. The van der Waals surface area contributed by atoms with Crippen LogP contribution in [-0.2, 0) is 0 Å². The lowest BCUT2D eigenvalue weighted by Gasteiger charge is -1.97. The molecule has 0 heterocycles. The third kappa shape index (κ3) is 19.1. The number of hydrogen-bond acceptors (Lipinski definition) is 0. The first-order valence-electron chi connectivity index (χ1n) is 8.26. The number of unbranched alkanes of at least 4 members (excludes halogenated alkanes) is 7. The first-order valence-corrected chi connectivity index (χ1v) is 10.7. The smallest absolute Gasteiger partial charge is 0.0967 e. The van der Waals surface area contributed by atoms with Crippen LogP contribution in [0.2, 0.25) is 15.8 Å². The van der Waals surface area contributed by atoms with Gasteiger partial charge in [0.1, 0.15) is 0 Å². The van der Waals surface area contributed by atoms with Crippen molar-refractivity contribution in [3.63, 3.8) is 0 Å². The predicted molar refractivity (Wildman–Crippen MR) is 85.5 cm³/mol. The Morgan fingerprint density at radius 2 is 0.765 bits per heavy atom. The Hall–Kier alpha value is 0.532. The van der Waals surface area contributed by atoms with Crippen molar-refractivity contribution in [2.24, 2.45) is 0 Å². The van der Waals surface area contributed by atoms with Crippen molar-refractivity contribution in [3.8, 4) is 0 Å². The Morgan fingerprint density at radius 3 is 0.941 bits per heavy atom. The Kier molecular flexibility index (Phi) is 22.1. The molecule has 0 aromatic carbocycles. The average molecular weight is 256 g/mol. The van der Waals surface area contributed by atoms with Crippen LogP contribution in [0.1, 0.15) is 86.0 Å². The van der Waals surface area contributed by atoms with Crippen molar-refractivity contribution >= 4 is 14.1 Å². The lowest BCUT2D eigenvalue weighted by Crippen LogP contribution is -2.04. The third-order valence-corrected chi connectivity index (χ3v) is 7.15. The molecule has 0 unspecified atom stereocenters. The van der Waals surface area contributed by atoms with Gasteiger partial charge in [0.2, 0.25) is 0 Å². The fraction of sp³-hybridized carbons (Fsp3) is 1.00. The molecule has 104 valence electrons. The Labute approximate surface area is 116 Å². The summed E-state index contributed by atoms with van der Waals surface area (Å²) < 4.78 is 0. The van der Waals surface area contributed by atoms with E-state index in [1.165, 1.54) is 67.2 Å². The summed E-state index contributed by atoms with van der Waals surface area (Å²) >= 11 is -0.171. The maximum atomic E-state index is 2.32. The summed E-state index contributed by atoms with van der Waals surface area (Å²) in [7, 11) is 0. The van der Waals surface area contributed by atoms with E-state index in [0.29, 0.717) is 0 Å². The molecule has 0 nitrogen and oxygen atoms in total. The lowest BCUT2D eigenvalue weighted by molar-refractivity contribution is 0.585. The summed E-state index contributed by atoms with van der Waals surface area (Å²) in [5.74, 6) is 0. The first kappa shape index (κ1) is 19.9. The van der Waals surface area contributed by atoms with Gasteiger partial charge in [-0.05, 0) is 0 Å². The van der Waals surface area contributed by atoms with Gasteiger partial charge in [-0.15, -0.1) is 0 Å².